The fourth-order valence-corrected chi connectivity index (χ4v) is 4.78. The van der Waals surface area contributed by atoms with Crippen LogP contribution in [-0.4, -0.2) is 24.4 Å². The van der Waals surface area contributed by atoms with Crippen LogP contribution in [0, 0.1) is 0 Å². The van der Waals surface area contributed by atoms with Crippen molar-refractivity contribution in [1.29, 1.82) is 0 Å². The van der Waals surface area contributed by atoms with Crippen molar-refractivity contribution in [3.63, 3.8) is 0 Å². The number of nitrogens with zero attached hydrogens (tertiary/aromatic N) is 2. The van der Waals surface area contributed by atoms with Gasteiger partial charge in [0.15, 0.2) is 5.82 Å². The maximum Gasteiger partial charge on any atom is 0.300 e. The standard InChI is InChI=1S/C18H24N4O2S/c1-2-18(15-6-4-3-5-7-15)10-8-16(9-11-18)21-25(23,24)22-17-14-19-12-13-20-17/h3-7,12-14,16,21H,2,8-11H2,1H3,(H,20,22). The van der Waals surface area contributed by atoms with E-state index >= 15 is 0 Å². The predicted molar refractivity (Wildman–Crippen MR) is 98.4 cm³/mol. The molecule has 25 heavy (non-hydrogen) atoms. The van der Waals surface area contributed by atoms with E-state index < -0.39 is 10.2 Å². The molecule has 1 aliphatic rings. The molecule has 6 nitrogen and oxygen atoms in total. The van der Waals surface area contributed by atoms with Crippen LogP contribution in [0.5, 0.6) is 0 Å². The lowest BCUT2D eigenvalue weighted by Crippen LogP contribution is -2.44. The summed E-state index contributed by atoms with van der Waals surface area (Å²) in [4.78, 5) is 7.80. The van der Waals surface area contributed by atoms with Crippen molar-refractivity contribution in [2.24, 2.45) is 0 Å². The van der Waals surface area contributed by atoms with Crippen molar-refractivity contribution in [2.45, 2.75) is 50.5 Å². The summed E-state index contributed by atoms with van der Waals surface area (Å²) >= 11 is 0. The van der Waals surface area contributed by atoms with Gasteiger partial charge in [-0.25, -0.2) is 4.98 Å². The van der Waals surface area contributed by atoms with Crippen LogP contribution in [0.25, 0.3) is 0 Å². The zero-order valence-corrected chi connectivity index (χ0v) is 15.2. The van der Waals surface area contributed by atoms with E-state index in [-0.39, 0.29) is 17.3 Å². The van der Waals surface area contributed by atoms with Crippen molar-refractivity contribution in [1.82, 2.24) is 14.7 Å². The Bertz CT molecular complexity index is 773. The summed E-state index contributed by atoms with van der Waals surface area (Å²) in [5, 5.41) is 0. The topological polar surface area (TPSA) is 84.0 Å². The molecular formula is C18H24N4O2S. The highest BCUT2D eigenvalue weighted by Crippen LogP contribution is 2.42. The van der Waals surface area contributed by atoms with Crippen LogP contribution < -0.4 is 9.44 Å². The average Bonchev–Trinajstić information content (AvgIpc) is 2.63. The molecule has 1 aromatic heterocycles. The molecule has 0 spiro atoms. The Labute approximate surface area is 149 Å². The minimum Gasteiger partial charge on any atom is -0.259 e. The van der Waals surface area contributed by atoms with E-state index in [2.05, 4.69) is 50.6 Å². The SMILES string of the molecule is CCC1(c2ccccc2)CCC(NS(=O)(=O)Nc2cnccn2)CC1. The number of nitrogens with one attached hydrogen (secondary N) is 2. The smallest absolute Gasteiger partial charge is 0.259 e. The molecule has 1 aliphatic carbocycles. The molecule has 1 saturated carbocycles. The van der Waals surface area contributed by atoms with Gasteiger partial charge in [0.1, 0.15) is 0 Å². The fourth-order valence-electron chi connectivity index (χ4n) is 3.66. The maximum absolute atomic E-state index is 12.3. The van der Waals surface area contributed by atoms with Crippen molar-refractivity contribution >= 4 is 16.0 Å². The molecule has 134 valence electrons. The molecule has 0 saturated heterocycles. The molecule has 0 aliphatic heterocycles. The Morgan fingerprint density at radius 1 is 1.16 bits per heavy atom. The van der Waals surface area contributed by atoms with Gasteiger partial charge >= 0.3 is 10.2 Å². The van der Waals surface area contributed by atoms with Crippen molar-refractivity contribution in [2.75, 3.05) is 4.72 Å². The third-order valence-corrected chi connectivity index (χ3v) is 6.25. The van der Waals surface area contributed by atoms with E-state index in [0.717, 1.165) is 32.1 Å². The van der Waals surface area contributed by atoms with Crippen LogP contribution in [0.15, 0.2) is 48.9 Å². The van der Waals surface area contributed by atoms with E-state index in [1.54, 1.807) is 0 Å². The number of anilines is 1. The Balaban J connectivity index is 1.62. The van der Waals surface area contributed by atoms with E-state index in [1.807, 2.05) is 6.07 Å². The zero-order chi connectivity index (χ0) is 17.8. The van der Waals surface area contributed by atoms with E-state index in [1.165, 1.54) is 24.2 Å². The van der Waals surface area contributed by atoms with Gasteiger partial charge in [-0.15, -0.1) is 0 Å². The number of aromatic nitrogens is 2. The Morgan fingerprint density at radius 3 is 2.48 bits per heavy atom. The average molecular weight is 360 g/mol. The molecule has 0 atom stereocenters. The molecule has 0 bridgehead atoms. The van der Waals surface area contributed by atoms with Crippen LogP contribution in [0.1, 0.15) is 44.6 Å². The van der Waals surface area contributed by atoms with Gasteiger partial charge in [-0.1, -0.05) is 37.3 Å². The summed E-state index contributed by atoms with van der Waals surface area (Å²) in [5.74, 6) is 0.220. The van der Waals surface area contributed by atoms with E-state index in [9.17, 15) is 8.42 Å². The molecule has 7 heteroatoms. The summed E-state index contributed by atoms with van der Waals surface area (Å²) in [6.07, 6.45) is 9.01. The van der Waals surface area contributed by atoms with Gasteiger partial charge < -0.3 is 0 Å². The second kappa shape index (κ2) is 7.49. The summed E-state index contributed by atoms with van der Waals surface area (Å²) < 4.78 is 29.7. The largest absolute Gasteiger partial charge is 0.300 e. The summed E-state index contributed by atoms with van der Waals surface area (Å²) in [6.45, 7) is 2.22. The van der Waals surface area contributed by atoms with E-state index in [4.69, 9.17) is 0 Å². The van der Waals surface area contributed by atoms with Gasteiger partial charge in [0.2, 0.25) is 0 Å². The first-order valence-corrected chi connectivity index (χ1v) is 10.1. The molecule has 1 fully saturated rings. The molecule has 2 aromatic rings. The normalized spacial score (nSPS) is 24.0. The number of benzene rings is 1. The lowest BCUT2D eigenvalue weighted by atomic mass is 9.67. The molecule has 2 N–H and O–H groups in total. The van der Waals surface area contributed by atoms with Crippen LogP contribution >= 0.6 is 0 Å². The highest BCUT2D eigenvalue weighted by atomic mass is 32.2. The minimum atomic E-state index is -3.65. The van der Waals surface area contributed by atoms with Crippen molar-refractivity contribution in [3.8, 4) is 0 Å². The van der Waals surface area contributed by atoms with Crippen LogP contribution in [0.3, 0.4) is 0 Å². The van der Waals surface area contributed by atoms with Gasteiger partial charge in [-0.2, -0.15) is 13.1 Å². The van der Waals surface area contributed by atoms with E-state index in [0.29, 0.717) is 0 Å². The second-order valence-electron chi connectivity index (χ2n) is 6.59. The quantitative estimate of drug-likeness (QED) is 0.829. The number of hydrogen-bond donors (Lipinski definition) is 2. The fraction of sp³-hybridized carbons (Fsp3) is 0.444. The van der Waals surface area contributed by atoms with Crippen molar-refractivity contribution in [3.05, 3.63) is 54.5 Å². The Morgan fingerprint density at radius 2 is 1.88 bits per heavy atom. The lowest BCUT2D eigenvalue weighted by Gasteiger charge is -2.40. The molecule has 0 unspecified atom stereocenters. The number of hydrogen-bond acceptors (Lipinski definition) is 4. The Kier molecular flexibility index (Phi) is 5.34. The van der Waals surface area contributed by atoms with Crippen molar-refractivity contribution < 1.29 is 8.42 Å². The second-order valence-corrected chi connectivity index (χ2v) is 8.03. The first-order valence-electron chi connectivity index (χ1n) is 8.65. The molecule has 1 aromatic carbocycles. The zero-order valence-electron chi connectivity index (χ0n) is 14.4. The number of rotatable bonds is 6. The molecular weight excluding hydrogens is 336 g/mol. The van der Waals surface area contributed by atoms with Gasteiger partial charge in [-0.3, -0.25) is 9.71 Å². The third kappa shape index (κ3) is 4.35. The summed E-state index contributed by atoms with van der Waals surface area (Å²) in [7, 11) is -3.65. The highest BCUT2D eigenvalue weighted by molar-refractivity contribution is 7.90. The predicted octanol–water partition coefficient (Wildman–Crippen LogP) is 3.01. The van der Waals surface area contributed by atoms with Crippen LogP contribution in [-0.2, 0) is 15.6 Å². The van der Waals surface area contributed by atoms with Gasteiger partial charge in [0, 0.05) is 18.4 Å². The van der Waals surface area contributed by atoms with Gasteiger partial charge in [0.05, 0.1) is 6.20 Å². The first-order chi connectivity index (χ1) is 12.0. The molecule has 3 rings (SSSR count). The monoisotopic (exact) mass is 360 g/mol. The minimum absolute atomic E-state index is 0.0578. The van der Waals surface area contributed by atoms with Gasteiger partial charge in [-0.05, 0) is 43.1 Å². The first kappa shape index (κ1) is 17.8. The molecule has 0 radical (unpaired) electrons. The highest BCUT2D eigenvalue weighted by Gasteiger charge is 2.36. The van der Waals surface area contributed by atoms with Crippen LogP contribution in [0.2, 0.25) is 0 Å². The summed E-state index contributed by atoms with van der Waals surface area (Å²) in [5.41, 5.74) is 1.51. The maximum atomic E-state index is 12.3. The Hall–Kier alpha value is -1.99. The third-order valence-electron chi connectivity index (χ3n) is 5.13. The van der Waals surface area contributed by atoms with Crippen LogP contribution in [0.4, 0.5) is 5.82 Å². The summed E-state index contributed by atoms with van der Waals surface area (Å²) in [6, 6.07) is 10.5. The molecule has 0 amide bonds. The molecule has 1 heterocycles. The lowest BCUT2D eigenvalue weighted by molar-refractivity contribution is 0.253. The van der Waals surface area contributed by atoms with Gasteiger partial charge in [0.25, 0.3) is 0 Å².